The summed E-state index contributed by atoms with van der Waals surface area (Å²) in [7, 11) is 2.96. The van der Waals surface area contributed by atoms with Crippen molar-refractivity contribution in [3.05, 3.63) is 58.2 Å². The zero-order chi connectivity index (χ0) is 25.1. The Morgan fingerprint density at radius 2 is 1.89 bits per heavy atom. The molecule has 2 aromatic carbocycles. The maximum atomic E-state index is 13.3. The van der Waals surface area contributed by atoms with Crippen LogP contribution in [0.4, 0.5) is 5.69 Å². The topological polar surface area (TPSA) is 90.0 Å². The van der Waals surface area contributed by atoms with Gasteiger partial charge in [0, 0.05) is 48.3 Å². The largest absolute Gasteiger partial charge is 0.495 e. The molecule has 0 saturated heterocycles. The Balaban J connectivity index is 1.56. The number of halogens is 1. The van der Waals surface area contributed by atoms with E-state index >= 15 is 0 Å². The van der Waals surface area contributed by atoms with E-state index in [0.717, 1.165) is 29.7 Å². The van der Waals surface area contributed by atoms with E-state index in [4.69, 9.17) is 30.8 Å². The van der Waals surface area contributed by atoms with Gasteiger partial charge >= 0.3 is 5.97 Å². The molecule has 8 nitrogen and oxygen atoms in total. The number of esters is 1. The average Bonchev–Trinajstić information content (AvgIpc) is 2.85. The number of ether oxygens (including phenoxy) is 3. The minimum Gasteiger partial charge on any atom is -0.495 e. The number of nitrogens with one attached hydrogen (secondary N) is 1. The zero-order valence-corrected chi connectivity index (χ0v) is 20.9. The molecule has 0 spiro atoms. The van der Waals surface area contributed by atoms with Crippen LogP contribution in [0.25, 0.3) is 10.9 Å². The summed E-state index contributed by atoms with van der Waals surface area (Å²) in [6.07, 6.45) is 0.747. The summed E-state index contributed by atoms with van der Waals surface area (Å²) in [5.74, 6) is -0.291. The zero-order valence-electron chi connectivity index (χ0n) is 20.2. The molecule has 1 amide bonds. The third-order valence-corrected chi connectivity index (χ3v) is 6.39. The van der Waals surface area contributed by atoms with Gasteiger partial charge in [0.25, 0.3) is 5.91 Å². The predicted molar refractivity (Wildman–Crippen MR) is 134 cm³/mol. The van der Waals surface area contributed by atoms with E-state index in [1.807, 2.05) is 24.3 Å². The molecule has 1 aliphatic heterocycles. The number of para-hydroxylation sites is 1. The van der Waals surface area contributed by atoms with E-state index < -0.39 is 18.5 Å². The monoisotopic (exact) mass is 497 g/mol. The minimum atomic E-state index is -0.555. The molecule has 9 heteroatoms. The molecule has 2 heterocycles. The standard InChI is InChI=1S/C26H28ClN3O5/c1-15(2)30-10-9-20-17(13-30)25(16-7-5-6-8-19(16)28-20)26(32)35-14-24(31)29-21-11-18(27)22(33-3)12-23(21)34-4/h5-8,11-12,15H,9-10,13-14H2,1-4H3,(H,29,31). The van der Waals surface area contributed by atoms with Gasteiger partial charge in [-0.3, -0.25) is 14.7 Å². The number of anilines is 1. The van der Waals surface area contributed by atoms with E-state index in [1.54, 1.807) is 6.07 Å². The molecule has 0 aliphatic carbocycles. The number of benzene rings is 2. The quantitative estimate of drug-likeness (QED) is 0.482. The number of hydrogen-bond donors (Lipinski definition) is 1. The fourth-order valence-corrected chi connectivity index (χ4v) is 4.47. The number of nitrogens with zero attached hydrogens (tertiary/aromatic N) is 2. The molecule has 4 rings (SSSR count). The van der Waals surface area contributed by atoms with Gasteiger partial charge in [-0.05, 0) is 26.0 Å². The van der Waals surface area contributed by atoms with Crippen molar-refractivity contribution < 1.29 is 23.8 Å². The highest BCUT2D eigenvalue weighted by Crippen LogP contribution is 2.36. The van der Waals surface area contributed by atoms with Crippen LogP contribution in [0.2, 0.25) is 5.02 Å². The predicted octanol–water partition coefficient (Wildman–Crippen LogP) is 4.47. The van der Waals surface area contributed by atoms with Gasteiger partial charge < -0.3 is 19.5 Å². The second-order valence-corrected chi connectivity index (χ2v) is 8.96. The van der Waals surface area contributed by atoms with E-state index in [9.17, 15) is 9.59 Å². The van der Waals surface area contributed by atoms with Gasteiger partial charge in [-0.1, -0.05) is 29.8 Å². The summed E-state index contributed by atoms with van der Waals surface area (Å²) < 4.78 is 16.0. The lowest BCUT2D eigenvalue weighted by Gasteiger charge is -2.32. The van der Waals surface area contributed by atoms with Crippen LogP contribution in [-0.4, -0.2) is 55.2 Å². The van der Waals surface area contributed by atoms with Crippen LogP contribution in [0.3, 0.4) is 0 Å². The second-order valence-electron chi connectivity index (χ2n) is 8.55. The smallest absolute Gasteiger partial charge is 0.339 e. The number of carbonyl (C=O) groups is 2. The lowest BCUT2D eigenvalue weighted by molar-refractivity contribution is -0.119. The number of fused-ring (bicyclic) bond motifs is 2. The van der Waals surface area contributed by atoms with Gasteiger partial charge in [-0.2, -0.15) is 0 Å². The second kappa shape index (κ2) is 10.5. The highest BCUT2D eigenvalue weighted by molar-refractivity contribution is 6.32. The number of pyridine rings is 1. The Morgan fingerprint density at radius 1 is 1.14 bits per heavy atom. The van der Waals surface area contributed by atoms with Crippen molar-refractivity contribution >= 4 is 40.1 Å². The molecule has 184 valence electrons. The normalized spacial score (nSPS) is 13.4. The van der Waals surface area contributed by atoms with Crippen molar-refractivity contribution in [2.45, 2.75) is 32.9 Å². The number of methoxy groups -OCH3 is 2. The molecule has 0 fully saturated rings. The third-order valence-electron chi connectivity index (χ3n) is 6.09. The Morgan fingerprint density at radius 3 is 2.60 bits per heavy atom. The summed E-state index contributed by atoms with van der Waals surface area (Å²) in [5, 5.41) is 3.70. The first-order valence-corrected chi connectivity index (χ1v) is 11.7. The van der Waals surface area contributed by atoms with Crippen molar-refractivity contribution in [2.24, 2.45) is 0 Å². The average molecular weight is 498 g/mol. The fourth-order valence-electron chi connectivity index (χ4n) is 4.23. The summed E-state index contributed by atoms with van der Waals surface area (Å²) in [5.41, 5.74) is 3.30. The molecule has 0 radical (unpaired) electrons. The van der Waals surface area contributed by atoms with E-state index in [-0.39, 0.29) is 0 Å². The first-order valence-electron chi connectivity index (χ1n) is 11.4. The number of amides is 1. The highest BCUT2D eigenvalue weighted by Gasteiger charge is 2.28. The van der Waals surface area contributed by atoms with Gasteiger partial charge in [0.2, 0.25) is 0 Å². The lowest BCUT2D eigenvalue weighted by Crippen LogP contribution is -2.37. The van der Waals surface area contributed by atoms with Crippen molar-refractivity contribution in [2.75, 3.05) is 32.7 Å². The molecule has 1 aliphatic rings. The summed E-state index contributed by atoms with van der Waals surface area (Å²) in [4.78, 5) is 33.0. The summed E-state index contributed by atoms with van der Waals surface area (Å²) in [6.45, 7) is 5.26. The number of carbonyl (C=O) groups excluding carboxylic acids is 2. The molecule has 35 heavy (non-hydrogen) atoms. The first-order chi connectivity index (χ1) is 16.8. The molecule has 3 aromatic rings. The van der Waals surface area contributed by atoms with Crippen molar-refractivity contribution in [1.82, 2.24) is 9.88 Å². The summed E-state index contributed by atoms with van der Waals surface area (Å²) in [6, 6.07) is 10.9. The van der Waals surface area contributed by atoms with E-state index in [2.05, 4.69) is 24.1 Å². The Hall–Kier alpha value is -3.36. The maximum Gasteiger partial charge on any atom is 0.339 e. The molecule has 1 N–H and O–H groups in total. The molecular formula is C26H28ClN3O5. The summed E-state index contributed by atoms with van der Waals surface area (Å²) >= 11 is 6.18. The lowest BCUT2D eigenvalue weighted by atomic mass is 9.95. The van der Waals surface area contributed by atoms with Crippen molar-refractivity contribution in [1.29, 1.82) is 0 Å². The van der Waals surface area contributed by atoms with Crippen LogP contribution in [0, 0.1) is 0 Å². The van der Waals surface area contributed by atoms with Gasteiger partial charge in [0.15, 0.2) is 6.61 Å². The van der Waals surface area contributed by atoms with Crippen LogP contribution in [-0.2, 0) is 22.5 Å². The van der Waals surface area contributed by atoms with Crippen molar-refractivity contribution in [3.8, 4) is 11.5 Å². The Kier molecular flexibility index (Phi) is 7.42. The SMILES string of the molecule is COc1cc(OC)c(NC(=O)COC(=O)c2c3c(nc4ccccc24)CCN(C(C)C)C3)cc1Cl. The van der Waals surface area contributed by atoms with Gasteiger partial charge in [0.05, 0.1) is 36.0 Å². The Bertz CT molecular complexity index is 1280. The van der Waals surface area contributed by atoms with E-state index in [0.29, 0.717) is 45.7 Å². The van der Waals surface area contributed by atoms with Crippen molar-refractivity contribution in [3.63, 3.8) is 0 Å². The van der Waals surface area contributed by atoms with Gasteiger partial charge in [-0.15, -0.1) is 0 Å². The van der Waals surface area contributed by atoms with Gasteiger partial charge in [-0.25, -0.2) is 4.79 Å². The van der Waals surface area contributed by atoms with Crippen LogP contribution in [0.5, 0.6) is 11.5 Å². The molecule has 0 saturated carbocycles. The molecule has 0 bridgehead atoms. The van der Waals surface area contributed by atoms with E-state index in [1.165, 1.54) is 20.3 Å². The van der Waals surface area contributed by atoms with Crippen LogP contribution < -0.4 is 14.8 Å². The number of aromatic nitrogens is 1. The van der Waals surface area contributed by atoms with Gasteiger partial charge in [0.1, 0.15) is 11.5 Å². The number of hydrogen-bond acceptors (Lipinski definition) is 7. The highest BCUT2D eigenvalue weighted by atomic mass is 35.5. The molecule has 1 aromatic heterocycles. The third kappa shape index (κ3) is 5.18. The maximum absolute atomic E-state index is 13.3. The Labute approximate surface area is 209 Å². The fraction of sp³-hybridized carbons (Fsp3) is 0.346. The van der Waals surface area contributed by atoms with Crippen LogP contribution in [0.1, 0.15) is 35.5 Å². The first kappa shape index (κ1) is 24.8. The molecule has 0 atom stereocenters. The number of rotatable bonds is 7. The van der Waals surface area contributed by atoms with Crippen LogP contribution >= 0.6 is 11.6 Å². The minimum absolute atomic E-state index is 0.310. The molecule has 0 unspecified atom stereocenters. The van der Waals surface area contributed by atoms with Crippen LogP contribution in [0.15, 0.2) is 36.4 Å². The molecular weight excluding hydrogens is 470 g/mol.